The van der Waals surface area contributed by atoms with Crippen molar-refractivity contribution in [2.45, 2.75) is 37.8 Å². The second-order valence-electron chi connectivity index (χ2n) is 5.81. The molecule has 0 aliphatic rings. The highest BCUT2D eigenvalue weighted by atomic mass is 32.2. The number of hydrogen-bond acceptors (Lipinski definition) is 6. The van der Waals surface area contributed by atoms with Gasteiger partial charge < -0.3 is 9.84 Å². The molecule has 1 amide bonds. The van der Waals surface area contributed by atoms with Gasteiger partial charge in [0.05, 0.1) is 17.5 Å². The van der Waals surface area contributed by atoms with Gasteiger partial charge in [0, 0.05) is 10.4 Å². The number of amides is 1. The first-order chi connectivity index (χ1) is 12.7. The van der Waals surface area contributed by atoms with Crippen molar-refractivity contribution in [1.82, 2.24) is 15.5 Å². The van der Waals surface area contributed by atoms with Gasteiger partial charge in [0.25, 0.3) is 0 Å². The Kier molecular flexibility index (Phi) is 6.46. The third kappa shape index (κ3) is 4.95. The van der Waals surface area contributed by atoms with Gasteiger partial charge in [-0.25, -0.2) is 0 Å². The Morgan fingerprint density at radius 3 is 2.81 bits per heavy atom. The molecule has 0 spiro atoms. The Bertz CT molecular complexity index is 829. The van der Waals surface area contributed by atoms with E-state index in [4.69, 9.17) is 4.52 Å². The molecule has 1 N–H and O–H groups in total. The molecular formula is C19H21N3O2S2. The maximum absolute atomic E-state index is 12.2. The van der Waals surface area contributed by atoms with E-state index in [1.54, 1.807) is 11.3 Å². The van der Waals surface area contributed by atoms with Crippen LogP contribution in [0.3, 0.4) is 0 Å². The van der Waals surface area contributed by atoms with Crippen LogP contribution in [-0.2, 0) is 23.5 Å². The molecule has 0 saturated heterocycles. The lowest BCUT2D eigenvalue weighted by atomic mass is 10.1. The molecule has 3 rings (SSSR count). The molecule has 0 fully saturated rings. The predicted molar refractivity (Wildman–Crippen MR) is 106 cm³/mol. The van der Waals surface area contributed by atoms with Gasteiger partial charge >= 0.3 is 0 Å². The van der Waals surface area contributed by atoms with Gasteiger partial charge in [-0.3, -0.25) is 4.79 Å². The Morgan fingerprint density at radius 1 is 1.31 bits per heavy atom. The van der Waals surface area contributed by atoms with Crippen LogP contribution in [0.1, 0.15) is 30.2 Å². The standard InChI is InChI=1S/C19H21N3O2S2/c1-3-14-6-8-15(9-7-14)18-21-17(24-22-18)12-26-13(2)19(23)20-11-16-5-4-10-25-16/h4-10,13H,3,11-12H2,1-2H3,(H,20,23). The minimum Gasteiger partial charge on any atom is -0.350 e. The van der Waals surface area contributed by atoms with E-state index in [0.717, 1.165) is 16.9 Å². The van der Waals surface area contributed by atoms with Gasteiger partial charge in [-0.1, -0.05) is 42.4 Å². The quantitative estimate of drug-likeness (QED) is 0.624. The summed E-state index contributed by atoms with van der Waals surface area (Å²) in [4.78, 5) is 17.7. The molecule has 0 aliphatic heterocycles. The van der Waals surface area contributed by atoms with Gasteiger partial charge in [0.2, 0.25) is 17.6 Å². The molecule has 5 nitrogen and oxygen atoms in total. The monoisotopic (exact) mass is 387 g/mol. The van der Waals surface area contributed by atoms with E-state index in [0.29, 0.717) is 24.0 Å². The van der Waals surface area contributed by atoms with Crippen molar-refractivity contribution < 1.29 is 9.32 Å². The van der Waals surface area contributed by atoms with Gasteiger partial charge in [-0.2, -0.15) is 4.98 Å². The summed E-state index contributed by atoms with van der Waals surface area (Å²) >= 11 is 3.12. The number of rotatable bonds is 8. The molecule has 0 radical (unpaired) electrons. The van der Waals surface area contributed by atoms with Gasteiger partial charge in [-0.05, 0) is 30.4 Å². The van der Waals surface area contributed by atoms with E-state index in [1.807, 2.05) is 36.6 Å². The van der Waals surface area contributed by atoms with E-state index in [9.17, 15) is 4.79 Å². The summed E-state index contributed by atoms with van der Waals surface area (Å²) in [5, 5.41) is 8.80. The highest BCUT2D eigenvalue weighted by Crippen LogP contribution is 2.21. The molecule has 7 heteroatoms. The van der Waals surface area contributed by atoms with E-state index in [1.165, 1.54) is 17.3 Å². The number of nitrogens with zero attached hydrogens (tertiary/aromatic N) is 2. The van der Waals surface area contributed by atoms with E-state index in [-0.39, 0.29) is 11.2 Å². The summed E-state index contributed by atoms with van der Waals surface area (Å²) in [6.07, 6.45) is 1.00. The van der Waals surface area contributed by atoms with E-state index in [2.05, 4.69) is 34.5 Å². The largest absolute Gasteiger partial charge is 0.350 e. The number of benzene rings is 1. The van der Waals surface area contributed by atoms with Crippen LogP contribution < -0.4 is 5.32 Å². The zero-order valence-electron chi connectivity index (χ0n) is 14.8. The lowest BCUT2D eigenvalue weighted by molar-refractivity contribution is -0.120. The first-order valence-corrected chi connectivity index (χ1v) is 10.4. The number of hydrogen-bond donors (Lipinski definition) is 1. The number of thiophene rings is 1. The fourth-order valence-corrected chi connectivity index (χ4v) is 3.71. The second kappa shape index (κ2) is 9.00. The molecule has 2 aromatic heterocycles. The fraction of sp³-hybridized carbons (Fsp3) is 0.316. The highest BCUT2D eigenvalue weighted by Gasteiger charge is 2.16. The number of nitrogens with one attached hydrogen (secondary N) is 1. The Morgan fingerprint density at radius 2 is 2.12 bits per heavy atom. The van der Waals surface area contributed by atoms with Crippen LogP contribution in [0.4, 0.5) is 0 Å². The first-order valence-electron chi connectivity index (χ1n) is 8.49. The summed E-state index contributed by atoms with van der Waals surface area (Å²) in [5.74, 6) is 1.63. The molecule has 0 saturated carbocycles. The van der Waals surface area contributed by atoms with Crippen molar-refractivity contribution in [2.75, 3.05) is 0 Å². The van der Waals surface area contributed by atoms with Crippen LogP contribution in [0.2, 0.25) is 0 Å². The maximum atomic E-state index is 12.2. The number of aromatic nitrogens is 2. The zero-order valence-corrected chi connectivity index (χ0v) is 16.4. The predicted octanol–water partition coefficient (Wildman–Crippen LogP) is 4.30. The van der Waals surface area contributed by atoms with Crippen LogP contribution >= 0.6 is 23.1 Å². The third-order valence-electron chi connectivity index (χ3n) is 3.93. The molecule has 1 unspecified atom stereocenters. The fourth-order valence-electron chi connectivity index (χ4n) is 2.32. The van der Waals surface area contributed by atoms with Crippen molar-refractivity contribution in [3.05, 3.63) is 58.1 Å². The zero-order chi connectivity index (χ0) is 18.4. The maximum Gasteiger partial charge on any atom is 0.236 e. The Labute approximate surface area is 161 Å². The summed E-state index contributed by atoms with van der Waals surface area (Å²) in [6.45, 7) is 4.57. The van der Waals surface area contributed by atoms with Gasteiger partial charge in [0.1, 0.15) is 0 Å². The van der Waals surface area contributed by atoms with Gasteiger partial charge in [-0.15, -0.1) is 23.1 Å². The molecule has 136 valence electrons. The lowest BCUT2D eigenvalue weighted by Crippen LogP contribution is -2.30. The van der Waals surface area contributed by atoms with E-state index >= 15 is 0 Å². The summed E-state index contributed by atoms with van der Waals surface area (Å²) in [7, 11) is 0. The summed E-state index contributed by atoms with van der Waals surface area (Å²) in [5.41, 5.74) is 2.21. The van der Waals surface area contributed by atoms with Crippen LogP contribution in [0, 0.1) is 0 Å². The van der Waals surface area contributed by atoms with Crippen molar-refractivity contribution in [3.8, 4) is 11.4 Å². The van der Waals surface area contributed by atoms with Crippen molar-refractivity contribution >= 4 is 29.0 Å². The normalized spacial score (nSPS) is 12.1. The third-order valence-corrected chi connectivity index (χ3v) is 5.94. The van der Waals surface area contributed by atoms with Gasteiger partial charge in [0.15, 0.2) is 0 Å². The van der Waals surface area contributed by atoms with Crippen LogP contribution in [0.25, 0.3) is 11.4 Å². The average molecular weight is 388 g/mol. The van der Waals surface area contributed by atoms with Crippen molar-refractivity contribution in [2.24, 2.45) is 0 Å². The lowest BCUT2D eigenvalue weighted by Gasteiger charge is -2.10. The molecular weight excluding hydrogens is 366 g/mol. The van der Waals surface area contributed by atoms with Crippen molar-refractivity contribution in [1.29, 1.82) is 0 Å². The molecule has 0 bridgehead atoms. The van der Waals surface area contributed by atoms with Crippen LogP contribution in [-0.4, -0.2) is 21.3 Å². The molecule has 26 heavy (non-hydrogen) atoms. The molecule has 1 atom stereocenters. The van der Waals surface area contributed by atoms with E-state index < -0.39 is 0 Å². The topological polar surface area (TPSA) is 68.0 Å². The van der Waals surface area contributed by atoms with Crippen LogP contribution in [0.15, 0.2) is 46.3 Å². The summed E-state index contributed by atoms with van der Waals surface area (Å²) in [6, 6.07) is 12.1. The number of carbonyl (C=O) groups excluding carboxylic acids is 1. The number of thioether (sulfide) groups is 1. The Balaban J connectivity index is 1.49. The molecule has 3 aromatic rings. The Hall–Kier alpha value is -2.12. The molecule has 1 aromatic carbocycles. The molecule has 2 heterocycles. The SMILES string of the molecule is CCc1ccc(-c2noc(CSC(C)C(=O)NCc3cccs3)n2)cc1. The van der Waals surface area contributed by atoms with Crippen LogP contribution in [0.5, 0.6) is 0 Å². The minimum atomic E-state index is -0.186. The smallest absolute Gasteiger partial charge is 0.236 e. The molecule has 0 aliphatic carbocycles. The second-order valence-corrected chi connectivity index (χ2v) is 8.17. The first kappa shape index (κ1) is 18.7. The highest BCUT2D eigenvalue weighted by molar-refractivity contribution is 7.99. The number of aryl methyl sites for hydroxylation is 1. The van der Waals surface area contributed by atoms with Crippen molar-refractivity contribution in [3.63, 3.8) is 0 Å². The summed E-state index contributed by atoms with van der Waals surface area (Å²) < 4.78 is 5.31. The number of carbonyl (C=O) groups is 1. The minimum absolute atomic E-state index is 0.0123. The average Bonchev–Trinajstić information content (AvgIpc) is 3.36.